The Bertz CT molecular complexity index is 783. The molecule has 7 heteroatoms. The summed E-state index contributed by atoms with van der Waals surface area (Å²) >= 11 is 0. The molecule has 27 heavy (non-hydrogen) atoms. The normalized spacial score (nSPS) is 23.5. The third-order valence-electron chi connectivity index (χ3n) is 5.63. The zero-order chi connectivity index (χ0) is 18.7. The van der Waals surface area contributed by atoms with E-state index in [1.165, 1.54) is 5.56 Å². The largest absolute Gasteiger partial charge is 0.383 e. The van der Waals surface area contributed by atoms with Crippen molar-refractivity contribution in [2.45, 2.75) is 25.0 Å². The van der Waals surface area contributed by atoms with Gasteiger partial charge in [0.05, 0.1) is 12.2 Å². The molecule has 1 aliphatic heterocycles. The molecule has 4 rings (SSSR count). The summed E-state index contributed by atoms with van der Waals surface area (Å²) in [6, 6.07) is 10.1. The molecule has 2 aromatic rings. The molecule has 1 atom stereocenters. The lowest BCUT2D eigenvalue weighted by molar-refractivity contribution is 0.0421. The van der Waals surface area contributed by atoms with E-state index in [0.29, 0.717) is 6.54 Å². The molecular formula is C20H27N5O2. The van der Waals surface area contributed by atoms with Crippen LogP contribution in [0.25, 0.3) is 0 Å². The number of fused-ring (bicyclic) bond motifs is 1. The number of nitrogens with zero attached hydrogens (tertiary/aromatic N) is 4. The first kappa shape index (κ1) is 18.0. The summed E-state index contributed by atoms with van der Waals surface area (Å²) in [5.74, 6) is 0.855. The Morgan fingerprint density at radius 1 is 1.26 bits per heavy atom. The molecule has 1 aliphatic carbocycles. The third-order valence-corrected chi connectivity index (χ3v) is 5.63. The van der Waals surface area contributed by atoms with E-state index in [1.807, 2.05) is 24.3 Å². The Hall–Kier alpha value is -2.38. The Labute approximate surface area is 159 Å². The average Bonchev–Trinajstić information content (AvgIpc) is 3.32. The molecule has 2 N–H and O–H groups in total. The minimum atomic E-state index is -0.818. The maximum Gasteiger partial charge on any atom is 0.193 e. The van der Waals surface area contributed by atoms with Gasteiger partial charge in [-0.25, -0.2) is 0 Å². The molecule has 1 saturated heterocycles. The third kappa shape index (κ3) is 3.84. The quantitative estimate of drug-likeness (QED) is 0.623. The van der Waals surface area contributed by atoms with Crippen LogP contribution in [-0.4, -0.2) is 65.8 Å². The topological polar surface area (TPSA) is 77.1 Å². The summed E-state index contributed by atoms with van der Waals surface area (Å²) in [5, 5.41) is 18.5. The van der Waals surface area contributed by atoms with Gasteiger partial charge < -0.3 is 19.8 Å². The van der Waals surface area contributed by atoms with Gasteiger partial charge in [-0.05, 0) is 24.0 Å². The Morgan fingerprint density at radius 2 is 2.07 bits per heavy atom. The molecule has 1 aromatic heterocycles. The minimum absolute atomic E-state index is 0.482. The molecule has 0 radical (unpaired) electrons. The number of nitrogens with one attached hydrogen (secondary N) is 1. The zero-order valence-electron chi connectivity index (χ0n) is 15.8. The fourth-order valence-electron chi connectivity index (χ4n) is 4.08. The SMILES string of the molecule is CN=C(NCC1(O)CCc2ccccc21)N1CCN(Cc2ccon2)CC1. The van der Waals surface area contributed by atoms with Gasteiger partial charge >= 0.3 is 0 Å². The van der Waals surface area contributed by atoms with Gasteiger partial charge in [0, 0.05) is 45.8 Å². The summed E-state index contributed by atoms with van der Waals surface area (Å²) in [5.41, 5.74) is 2.44. The number of aliphatic imine (C=N–C) groups is 1. The Kier molecular flexibility index (Phi) is 5.13. The van der Waals surface area contributed by atoms with Crippen molar-refractivity contribution in [2.24, 2.45) is 4.99 Å². The van der Waals surface area contributed by atoms with Gasteiger partial charge in [0.25, 0.3) is 0 Å². The monoisotopic (exact) mass is 369 g/mol. The molecular weight excluding hydrogens is 342 g/mol. The predicted octanol–water partition coefficient (Wildman–Crippen LogP) is 1.20. The van der Waals surface area contributed by atoms with Crippen molar-refractivity contribution >= 4 is 5.96 Å². The minimum Gasteiger partial charge on any atom is -0.383 e. The van der Waals surface area contributed by atoms with Gasteiger partial charge in [-0.2, -0.15) is 0 Å². The van der Waals surface area contributed by atoms with Crippen molar-refractivity contribution in [3.63, 3.8) is 0 Å². The number of aromatic nitrogens is 1. The second-order valence-electron chi connectivity index (χ2n) is 7.34. The van der Waals surface area contributed by atoms with Crippen LogP contribution >= 0.6 is 0 Å². The van der Waals surface area contributed by atoms with Crippen LogP contribution < -0.4 is 5.32 Å². The highest BCUT2D eigenvalue weighted by atomic mass is 16.5. The molecule has 0 amide bonds. The molecule has 2 heterocycles. The lowest BCUT2D eigenvalue weighted by Crippen LogP contribution is -2.54. The summed E-state index contributed by atoms with van der Waals surface area (Å²) in [6.07, 6.45) is 3.29. The van der Waals surface area contributed by atoms with Gasteiger partial charge in [-0.1, -0.05) is 29.4 Å². The van der Waals surface area contributed by atoms with Gasteiger partial charge in [-0.15, -0.1) is 0 Å². The van der Waals surface area contributed by atoms with Crippen LogP contribution in [0.3, 0.4) is 0 Å². The fraction of sp³-hybridized carbons (Fsp3) is 0.500. The van der Waals surface area contributed by atoms with Crippen molar-refractivity contribution in [3.8, 4) is 0 Å². The molecule has 2 aliphatic rings. The fourth-order valence-corrected chi connectivity index (χ4v) is 4.08. The first-order valence-corrected chi connectivity index (χ1v) is 9.56. The summed E-state index contributed by atoms with van der Waals surface area (Å²) < 4.78 is 4.91. The summed E-state index contributed by atoms with van der Waals surface area (Å²) in [6.45, 7) is 4.98. The van der Waals surface area contributed by atoms with E-state index in [0.717, 1.165) is 62.8 Å². The molecule has 0 bridgehead atoms. The standard InChI is InChI=1S/C20H27N5O2/c1-21-19(22-15-20(26)8-6-16-4-2-3-5-18(16)20)25-11-9-24(10-12-25)14-17-7-13-27-23-17/h2-5,7,13,26H,6,8-12,14-15H2,1H3,(H,21,22). The highest BCUT2D eigenvalue weighted by Crippen LogP contribution is 2.36. The Morgan fingerprint density at radius 3 is 2.81 bits per heavy atom. The molecule has 1 aromatic carbocycles. The van der Waals surface area contributed by atoms with Crippen LogP contribution in [0.4, 0.5) is 0 Å². The van der Waals surface area contributed by atoms with Crippen LogP contribution in [-0.2, 0) is 18.6 Å². The van der Waals surface area contributed by atoms with Gasteiger partial charge in [0.2, 0.25) is 0 Å². The lowest BCUT2D eigenvalue weighted by Gasteiger charge is -2.37. The van der Waals surface area contributed by atoms with Gasteiger partial charge in [-0.3, -0.25) is 9.89 Å². The maximum absolute atomic E-state index is 11.1. The first-order valence-electron chi connectivity index (χ1n) is 9.56. The average molecular weight is 369 g/mol. The predicted molar refractivity (Wildman–Crippen MR) is 103 cm³/mol. The van der Waals surface area contributed by atoms with E-state index in [4.69, 9.17) is 4.52 Å². The number of guanidine groups is 1. The zero-order valence-corrected chi connectivity index (χ0v) is 15.8. The van der Waals surface area contributed by atoms with Crippen LogP contribution in [0.2, 0.25) is 0 Å². The van der Waals surface area contributed by atoms with E-state index in [9.17, 15) is 5.11 Å². The molecule has 1 fully saturated rings. The molecule has 0 spiro atoms. The number of hydrogen-bond acceptors (Lipinski definition) is 5. The number of hydrogen-bond donors (Lipinski definition) is 2. The van der Waals surface area contributed by atoms with Crippen LogP contribution in [0.15, 0.2) is 46.1 Å². The second kappa shape index (κ2) is 7.70. The smallest absolute Gasteiger partial charge is 0.193 e. The summed E-state index contributed by atoms with van der Waals surface area (Å²) in [4.78, 5) is 9.05. The number of aliphatic hydroxyl groups is 1. The highest BCUT2D eigenvalue weighted by Gasteiger charge is 2.36. The second-order valence-corrected chi connectivity index (χ2v) is 7.34. The first-order chi connectivity index (χ1) is 13.2. The number of benzene rings is 1. The van der Waals surface area contributed by atoms with E-state index >= 15 is 0 Å². The van der Waals surface area contributed by atoms with Crippen molar-refractivity contribution in [3.05, 3.63) is 53.4 Å². The van der Waals surface area contributed by atoms with Crippen molar-refractivity contribution in [2.75, 3.05) is 39.8 Å². The van der Waals surface area contributed by atoms with Crippen LogP contribution in [0.5, 0.6) is 0 Å². The van der Waals surface area contributed by atoms with E-state index in [2.05, 4.69) is 31.3 Å². The number of rotatable bonds is 4. The highest BCUT2D eigenvalue weighted by molar-refractivity contribution is 5.80. The van der Waals surface area contributed by atoms with E-state index in [-0.39, 0.29) is 0 Å². The molecule has 0 saturated carbocycles. The molecule has 144 valence electrons. The lowest BCUT2D eigenvalue weighted by atomic mass is 9.96. The van der Waals surface area contributed by atoms with E-state index in [1.54, 1.807) is 13.3 Å². The molecule has 1 unspecified atom stereocenters. The molecule has 7 nitrogen and oxygen atoms in total. The van der Waals surface area contributed by atoms with Gasteiger partial charge in [0.15, 0.2) is 5.96 Å². The van der Waals surface area contributed by atoms with Crippen molar-refractivity contribution in [1.29, 1.82) is 0 Å². The van der Waals surface area contributed by atoms with Crippen molar-refractivity contribution < 1.29 is 9.63 Å². The number of piperazine rings is 1. The number of aryl methyl sites for hydroxylation is 1. The van der Waals surface area contributed by atoms with Gasteiger partial charge in [0.1, 0.15) is 11.9 Å². The van der Waals surface area contributed by atoms with Crippen LogP contribution in [0, 0.1) is 0 Å². The van der Waals surface area contributed by atoms with Crippen molar-refractivity contribution in [1.82, 2.24) is 20.3 Å². The maximum atomic E-state index is 11.1. The van der Waals surface area contributed by atoms with E-state index < -0.39 is 5.60 Å². The Balaban J connectivity index is 1.32. The van der Waals surface area contributed by atoms with Crippen LogP contribution in [0.1, 0.15) is 23.2 Å². The summed E-state index contributed by atoms with van der Waals surface area (Å²) in [7, 11) is 1.80.